The highest BCUT2D eigenvalue weighted by Gasteiger charge is 2.43. The van der Waals surface area contributed by atoms with Crippen molar-refractivity contribution in [2.24, 2.45) is 5.41 Å². The molecule has 0 unspecified atom stereocenters. The molecule has 0 N–H and O–H groups in total. The zero-order valence-corrected chi connectivity index (χ0v) is 23.3. The van der Waals surface area contributed by atoms with Crippen molar-refractivity contribution in [1.29, 1.82) is 0 Å². The molecule has 11 heteroatoms. The van der Waals surface area contributed by atoms with E-state index in [0.717, 1.165) is 0 Å². The number of piperazine rings is 1. The van der Waals surface area contributed by atoms with Gasteiger partial charge in [0.2, 0.25) is 5.91 Å². The summed E-state index contributed by atoms with van der Waals surface area (Å²) < 4.78 is 51.3. The van der Waals surface area contributed by atoms with Crippen molar-refractivity contribution in [3.8, 4) is 11.1 Å². The first-order valence-electron chi connectivity index (χ1n) is 13.2. The Kier molecular flexibility index (Phi) is 6.49. The van der Waals surface area contributed by atoms with Crippen molar-refractivity contribution < 1.29 is 22.7 Å². The molecule has 6 rings (SSSR count). The Bertz CT molecular complexity index is 1610. The third-order valence-electron chi connectivity index (χ3n) is 8.20. The van der Waals surface area contributed by atoms with E-state index in [9.17, 15) is 14.0 Å². The molecule has 2 aromatic carbocycles. The molecule has 1 aromatic heterocycles. The second-order valence-corrected chi connectivity index (χ2v) is 12.2. The highest BCUT2D eigenvalue weighted by Crippen LogP contribution is 2.48. The molecule has 3 aliphatic rings. The lowest BCUT2D eigenvalue weighted by Crippen LogP contribution is -2.58. The molecule has 2 atom stereocenters. The van der Waals surface area contributed by atoms with Gasteiger partial charge in [-0.3, -0.25) is 9.36 Å². The van der Waals surface area contributed by atoms with Crippen molar-refractivity contribution >= 4 is 34.4 Å². The summed E-state index contributed by atoms with van der Waals surface area (Å²) in [5.41, 5.74) is 0.342. The summed E-state index contributed by atoms with van der Waals surface area (Å²) in [6.07, 6.45) is 1.30. The van der Waals surface area contributed by atoms with Gasteiger partial charge in [-0.2, -0.15) is 4.98 Å². The van der Waals surface area contributed by atoms with Crippen LogP contribution in [-0.2, 0) is 16.1 Å². The second kappa shape index (κ2) is 9.66. The van der Waals surface area contributed by atoms with Crippen molar-refractivity contribution in [2.75, 3.05) is 37.0 Å². The molecule has 2 saturated heterocycles. The van der Waals surface area contributed by atoms with E-state index >= 15 is 8.78 Å². The van der Waals surface area contributed by atoms with Crippen molar-refractivity contribution in [3.63, 3.8) is 0 Å². The minimum absolute atomic E-state index is 0.159. The first-order valence-corrected chi connectivity index (χ1v) is 14.2. The van der Waals surface area contributed by atoms with Gasteiger partial charge in [-0.1, -0.05) is 6.58 Å². The first-order chi connectivity index (χ1) is 19.0. The van der Waals surface area contributed by atoms with E-state index < -0.39 is 23.1 Å². The fourth-order valence-corrected chi connectivity index (χ4v) is 7.61. The van der Waals surface area contributed by atoms with E-state index in [1.807, 2.05) is 24.8 Å². The molecule has 0 bridgehead atoms. The SMILES string of the molecule is C=CC(=O)N1C[C@H](C)N(c2nc(=O)n3c4c(c(-c5c(F)cc(F)cc5F)c(C)cc24)SCC2(COC2)C3)C[C@H]1C. The Morgan fingerprint density at radius 3 is 2.45 bits per heavy atom. The van der Waals surface area contributed by atoms with Crippen LogP contribution < -0.4 is 10.6 Å². The first kappa shape index (κ1) is 26.9. The van der Waals surface area contributed by atoms with Crippen LogP contribution in [0.5, 0.6) is 0 Å². The third-order valence-corrected chi connectivity index (χ3v) is 9.64. The summed E-state index contributed by atoms with van der Waals surface area (Å²) in [5.74, 6) is -2.11. The van der Waals surface area contributed by atoms with Gasteiger partial charge in [0.25, 0.3) is 0 Å². The van der Waals surface area contributed by atoms with Crippen LogP contribution in [-0.4, -0.2) is 64.5 Å². The van der Waals surface area contributed by atoms with E-state index in [4.69, 9.17) is 4.74 Å². The number of anilines is 1. The molecule has 1 amide bonds. The Morgan fingerprint density at radius 1 is 1.12 bits per heavy atom. The number of halogens is 3. The molecular weight excluding hydrogens is 541 g/mol. The third kappa shape index (κ3) is 4.13. The Hall–Kier alpha value is -3.31. The number of hydrogen-bond acceptors (Lipinski definition) is 6. The summed E-state index contributed by atoms with van der Waals surface area (Å²) in [6.45, 7) is 11.4. The number of hydrogen-bond donors (Lipinski definition) is 0. The fraction of sp³-hybridized carbons (Fsp3) is 0.414. The smallest absolute Gasteiger partial charge is 0.350 e. The Labute approximate surface area is 233 Å². The molecule has 0 saturated carbocycles. The van der Waals surface area contributed by atoms with Gasteiger partial charge in [-0.15, -0.1) is 11.8 Å². The molecule has 7 nitrogen and oxygen atoms in total. The lowest BCUT2D eigenvalue weighted by atomic mass is 9.88. The number of aryl methyl sites for hydroxylation is 1. The Balaban J connectivity index is 1.61. The summed E-state index contributed by atoms with van der Waals surface area (Å²) >= 11 is 1.44. The lowest BCUT2D eigenvalue weighted by Gasteiger charge is -2.44. The monoisotopic (exact) mass is 570 g/mol. The summed E-state index contributed by atoms with van der Waals surface area (Å²) in [5, 5.41) is 0.686. The lowest BCUT2D eigenvalue weighted by molar-refractivity contribution is -0.128. The largest absolute Gasteiger partial charge is 0.380 e. The van der Waals surface area contributed by atoms with Gasteiger partial charge >= 0.3 is 5.69 Å². The van der Waals surface area contributed by atoms with Crippen LogP contribution in [0.25, 0.3) is 22.0 Å². The van der Waals surface area contributed by atoms with E-state index in [1.165, 1.54) is 17.8 Å². The average molecular weight is 571 g/mol. The topological polar surface area (TPSA) is 67.7 Å². The highest BCUT2D eigenvalue weighted by atomic mass is 32.2. The number of carbonyl (C=O) groups is 1. The average Bonchev–Trinajstić information content (AvgIpc) is 3.06. The van der Waals surface area contributed by atoms with E-state index in [-0.39, 0.29) is 29.0 Å². The van der Waals surface area contributed by atoms with Gasteiger partial charge in [0, 0.05) is 70.9 Å². The van der Waals surface area contributed by atoms with Crippen LogP contribution >= 0.6 is 11.8 Å². The minimum atomic E-state index is -1.00. The molecule has 2 fully saturated rings. The van der Waals surface area contributed by atoms with Gasteiger partial charge in [0.05, 0.1) is 24.3 Å². The summed E-state index contributed by atoms with van der Waals surface area (Å²) in [7, 11) is 0. The maximum atomic E-state index is 15.2. The summed E-state index contributed by atoms with van der Waals surface area (Å²) in [6, 6.07) is 2.84. The molecule has 3 aliphatic heterocycles. The van der Waals surface area contributed by atoms with Crippen LogP contribution in [0.1, 0.15) is 19.4 Å². The molecule has 40 heavy (non-hydrogen) atoms. The quantitative estimate of drug-likeness (QED) is 0.432. The molecule has 3 aromatic rings. The molecule has 0 radical (unpaired) electrons. The van der Waals surface area contributed by atoms with E-state index in [1.54, 1.807) is 16.4 Å². The van der Waals surface area contributed by atoms with Gasteiger partial charge < -0.3 is 14.5 Å². The standard InChI is InChI=1S/C29H29F3N4O3S/c1-5-22(37)34-9-17(4)35(10-16(34)3)27-19-6-15(2)23(24-20(31)7-18(30)8-21(24)32)26-25(19)36(28(38)33-27)11-29(14-40-26)12-39-13-29/h5-8,16-17H,1,9-14H2,2-4H3/t16-,17+/m1/s1. The fourth-order valence-electron chi connectivity index (χ4n) is 6.14. The zero-order valence-electron chi connectivity index (χ0n) is 22.5. The minimum Gasteiger partial charge on any atom is -0.380 e. The van der Waals surface area contributed by atoms with Crippen LogP contribution in [0, 0.1) is 29.8 Å². The number of nitrogens with zero attached hydrogens (tertiary/aromatic N) is 4. The van der Waals surface area contributed by atoms with Crippen molar-refractivity contribution in [1.82, 2.24) is 14.5 Å². The number of ether oxygens (including phenoxy) is 1. The maximum Gasteiger partial charge on any atom is 0.350 e. The maximum absolute atomic E-state index is 15.2. The Morgan fingerprint density at radius 2 is 1.82 bits per heavy atom. The number of amides is 1. The van der Waals surface area contributed by atoms with Gasteiger partial charge in [-0.05, 0) is 38.5 Å². The molecule has 4 heterocycles. The molecule has 210 valence electrons. The van der Waals surface area contributed by atoms with Crippen molar-refractivity contribution in [3.05, 3.63) is 64.4 Å². The predicted molar refractivity (Wildman–Crippen MR) is 148 cm³/mol. The second-order valence-electron chi connectivity index (χ2n) is 11.2. The van der Waals surface area contributed by atoms with E-state index in [2.05, 4.69) is 11.6 Å². The molecular formula is C29H29F3N4O3S. The number of rotatable bonds is 3. The van der Waals surface area contributed by atoms with Crippen molar-refractivity contribution in [2.45, 2.75) is 44.3 Å². The molecule has 1 spiro atoms. The number of benzene rings is 2. The van der Waals surface area contributed by atoms with Gasteiger partial charge in [-0.25, -0.2) is 18.0 Å². The molecule has 0 aliphatic carbocycles. The number of thioether (sulfide) groups is 1. The number of carbonyl (C=O) groups excluding carboxylic acids is 1. The summed E-state index contributed by atoms with van der Waals surface area (Å²) in [4.78, 5) is 35.0. The van der Waals surface area contributed by atoms with Crippen LogP contribution in [0.15, 0.2) is 40.5 Å². The van der Waals surface area contributed by atoms with Gasteiger partial charge in [0.15, 0.2) is 0 Å². The van der Waals surface area contributed by atoms with Gasteiger partial charge in [0.1, 0.15) is 23.3 Å². The number of aromatic nitrogens is 2. The highest BCUT2D eigenvalue weighted by molar-refractivity contribution is 7.99. The van der Waals surface area contributed by atoms with Crippen LogP contribution in [0.3, 0.4) is 0 Å². The predicted octanol–water partition coefficient (Wildman–Crippen LogP) is 4.52. The zero-order chi connectivity index (χ0) is 28.5. The van der Waals surface area contributed by atoms with Crippen LogP contribution in [0.2, 0.25) is 0 Å². The van der Waals surface area contributed by atoms with E-state index in [0.29, 0.717) is 83.5 Å². The normalized spacial score (nSPS) is 21.9. The van der Waals surface area contributed by atoms with Crippen LogP contribution in [0.4, 0.5) is 19.0 Å².